The number of hydrogen-bond acceptors (Lipinski definition) is 2. The number of hydrogen-bond donors (Lipinski definition) is 2. The average molecular weight is 341 g/mol. The van der Waals surface area contributed by atoms with Crippen molar-refractivity contribution in [3.8, 4) is 0 Å². The number of amides is 2. The molecule has 19 heavy (non-hydrogen) atoms. The summed E-state index contributed by atoms with van der Waals surface area (Å²) in [7, 11) is 0. The van der Waals surface area contributed by atoms with Crippen molar-refractivity contribution >= 4 is 39.4 Å². The minimum atomic E-state index is -0.322. The fourth-order valence-electron chi connectivity index (χ4n) is 1.42. The molecule has 98 valence electrons. The zero-order valence-corrected chi connectivity index (χ0v) is 12.2. The van der Waals surface area contributed by atoms with Crippen LogP contribution in [-0.4, -0.2) is 11.0 Å². The summed E-state index contributed by atoms with van der Waals surface area (Å²) in [6.45, 7) is 0.444. The van der Waals surface area contributed by atoms with Crippen LogP contribution in [0.1, 0.15) is 5.56 Å². The number of anilines is 1. The van der Waals surface area contributed by atoms with Crippen LogP contribution >= 0.6 is 27.5 Å². The van der Waals surface area contributed by atoms with Gasteiger partial charge >= 0.3 is 6.03 Å². The Morgan fingerprint density at radius 2 is 2.00 bits per heavy atom. The molecule has 0 radical (unpaired) electrons. The van der Waals surface area contributed by atoms with Crippen LogP contribution in [-0.2, 0) is 6.54 Å². The Kier molecular flexibility index (Phi) is 4.76. The van der Waals surface area contributed by atoms with Crippen molar-refractivity contribution in [2.45, 2.75) is 6.54 Å². The number of pyridine rings is 1. The Morgan fingerprint density at radius 1 is 1.26 bits per heavy atom. The molecule has 0 aliphatic heterocycles. The molecule has 6 heteroatoms. The minimum absolute atomic E-state index is 0.322. The van der Waals surface area contributed by atoms with Gasteiger partial charge in [0.05, 0.1) is 0 Å². The standard InChI is InChI=1S/C13H11BrClN3O/c14-10-3-1-9(2-4-10)8-17-13(19)18-12-7-11(15)5-6-16-12/h1-7H,8H2,(H2,16,17,18,19). The molecule has 0 aliphatic carbocycles. The number of halogens is 2. The summed E-state index contributed by atoms with van der Waals surface area (Å²) in [4.78, 5) is 15.6. The molecule has 0 saturated heterocycles. The maximum atomic E-state index is 11.6. The van der Waals surface area contributed by atoms with E-state index in [1.54, 1.807) is 12.1 Å². The maximum absolute atomic E-state index is 11.6. The normalized spacial score (nSPS) is 10.0. The van der Waals surface area contributed by atoms with Crippen LogP contribution in [0.15, 0.2) is 47.1 Å². The van der Waals surface area contributed by atoms with Crippen LogP contribution in [0.4, 0.5) is 10.6 Å². The number of rotatable bonds is 3. The van der Waals surface area contributed by atoms with E-state index in [4.69, 9.17) is 11.6 Å². The SMILES string of the molecule is O=C(NCc1ccc(Br)cc1)Nc1cc(Cl)ccn1. The van der Waals surface area contributed by atoms with Crippen molar-refractivity contribution in [3.05, 3.63) is 57.7 Å². The first-order valence-corrected chi connectivity index (χ1v) is 6.71. The van der Waals surface area contributed by atoms with Crippen molar-refractivity contribution in [3.63, 3.8) is 0 Å². The molecule has 0 spiro atoms. The molecule has 2 rings (SSSR count). The number of nitrogens with zero attached hydrogens (tertiary/aromatic N) is 1. The van der Waals surface area contributed by atoms with Gasteiger partial charge in [0.15, 0.2) is 0 Å². The predicted octanol–water partition coefficient (Wildman–Crippen LogP) is 3.82. The highest BCUT2D eigenvalue weighted by molar-refractivity contribution is 9.10. The second-order valence-electron chi connectivity index (χ2n) is 3.79. The van der Waals surface area contributed by atoms with E-state index >= 15 is 0 Å². The zero-order valence-electron chi connectivity index (χ0n) is 9.86. The molecule has 0 fully saturated rings. The topological polar surface area (TPSA) is 54.0 Å². The minimum Gasteiger partial charge on any atom is -0.334 e. The van der Waals surface area contributed by atoms with Gasteiger partial charge in [-0.05, 0) is 29.8 Å². The van der Waals surface area contributed by atoms with Crippen LogP contribution in [0.3, 0.4) is 0 Å². The molecule has 2 N–H and O–H groups in total. The van der Waals surface area contributed by atoms with E-state index in [1.807, 2.05) is 24.3 Å². The van der Waals surface area contributed by atoms with E-state index in [0.29, 0.717) is 17.4 Å². The van der Waals surface area contributed by atoms with Gasteiger partial charge in [-0.2, -0.15) is 0 Å². The van der Waals surface area contributed by atoms with Gasteiger partial charge < -0.3 is 5.32 Å². The molecule has 0 aliphatic rings. The Morgan fingerprint density at radius 3 is 2.68 bits per heavy atom. The average Bonchev–Trinajstić information content (AvgIpc) is 2.38. The second-order valence-corrected chi connectivity index (χ2v) is 5.15. The monoisotopic (exact) mass is 339 g/mol. The number of aromatic nitrogens is 1. The maximum Gasteiger partial charge on any atom is 0.320 e. The first-order valence-electron chi connectivity index (χ1n) is 5.54. The Balaban J connectivity index is 1.86. The first-order chi connectivity index (χ1) is 9.13. The van der Waals surface area contributed by atoms with E-state index < -0.39 is 0 Å². The van der Waals surface area contributed by atoms with Crippen molar-refractivity contribution < 1.29 is 4.79 Å². The highest BCUT2D eigenvalue weighted by atomic mass is 79.9. The van der Waals surface area contributed by atoms with Gasteiger partial charge in [-0.25, -0.2) is 9.78 Å². The third-order valence-corrected chi connectivity index (χ3v) is 3.09. The van der Waals surface area contributed by atoms with Crippen LogP contribution in [0.25, 0.3) is 0 Å². The molecule has 0 atom stereocenters. The van der Waals surface area contributed by atoms with E-state index in [0.717, 1.165) is 10.0 Å². The predicted molar refractivity (Wildman–Crippen MR) is 79.2 cm³/mol. The lowest BCUT2D eigenvalue weighted by atomic mass is 10.2. The van der Waals surface area contributed by atoms with Gasteiger partial charge in [0.1, 0.15) is 5.82 Å². The smallest absolute Gasteiger partial charge is 0.320 e. The van der Waals surface area contributed by atoms with E-state index in [9.17, 15) is 4.79 Å². The molecule has 1 heterocycles. The van der Waals surface area contributed by atoms with Crippen molar-refractivity contribution in [1.29, 1.82) is 0 Å². The third-order valence-electron chi connectivity index (χ3n) is 2.33. The molecule has 0 saturated carbocycles. The quantitative estimate of drug-likeness (QED) is 0.892. The van der Waals surface area contributed by atoms with Gasteiger partial charge in [0, 0.05) is 22.2 Å². The lowest BCUT2D eigenvalue weighted by Crippen LogP contribution is -2.28. The van der Waals surface area contributed by atoms with Crippen LogP contribution in [0.5, 0.6) is 0 Å². The molecule has 1 aromatic heterocycles. The number of carbonyl (C=O) groups excluding carboxylic acids is 1. The highest BCUT2D eigenvalue weighted by Crippen LogP contribution is 2.12. The first kappa shape index (κ1) is 13.8. The van der Waals surface area contributed by atoms with Crippen LogP contribution in [0, 0.1) is 0 Å². The van der Waals surface area contributed by atoms with Crippen molar-refractivity contribution in [2.75, 3.05) is 5.32 Å². The summed E-state index contributed by atoms with van der Waals surface area (Å²) < 4.78 is 1.00. The zero-order chi connectivity index (χ0) is 13.7. The molecule has 4 nitrogen and oxygen atoms in total. The van der Waals surface area contributed by atoms with Crippen LogP contribution in [0.2, 0.25) is 5.02 Å². The van der Waals surface area contributed by atoms with Gasteiger partial charge in [0.25, 0.3) is 0 Å². The molecular weight excluding hydrogens is 330 g/mol. The summed E-state index contributed by atoms with van der Waals surface area (Å²) in [6.07, 6.45) is 1.53. The van der Waals surface area contributed by atoms with Gasteiger partial charge in [0.2, 0.25) is 0 Å². The highest BCUT2D eigenvalue weighted by Gasteiger charge is 2.03. The van der Waals surface area contributed by atoms with Crippen LogP contribution < -0.4 is 10.6 Å². The molecule has 0 bridgehead atoms. The largest absolute Gasteiger partial charge is 0.334 e. The number of urea groups is 1. The molecule has 2 amide bonds. The molecular formula is C13H11BrClN3O. The van der Waals surface area contributed by atoms with Gasteiger partial charge in [-0.1, -0.05) is 39.7 Å². The third kappa shape index (κ3) is 4.54. The molecule has 1 aromatic carbocycles. The van der Waals surface area contributed by atoms with Gasteiger partial charge in [-0.15, -0.1) is 0 Å². The van der Waals surface area contributed by atoms with E-state index in [2.05, 4.69) is 31.5 Å². The summed E-state index contributed by atoms with van der Waals surface area (Å²) >= 11 is 9.16. The lowest BCUT2D eigenvalue weighted by Gasteiger charge is -2.07. The Hall–Kier alpha value is -1.59. The number of nitrogens with one attached hydrogen (secondary N) is 2. The van der Waals surface area contributed by atoms with Crippen molar-refractivity contribution in [1.82, 2.24) is 10.3 Å². The molecule has 0 unspecified atom stereocenters. The fourth-order valence-corrected chi connectivity index (χ4v) is 1.84. The summed E-state index contributed by atoms with van der Waals surface area (Å²) in [5.74, 6) is 0.417. The summed E-state index contributed by atoms with van der Waals surface area (Å²) in [6, 6.07) is 10.6. The fraction of sp³-hybridized carbons (Fsp3) is 0.0769. The summed E-state index contributed by atoms with van der Waals surface area (Å²) in [5, 5.41) is 5.87. The number of carbonyl (C=O) groups is 1. The Bertz CT molecular complexity index is 574. The summed E-state index contributed by atoms with van der Waals surface area (Å²) in [5.41, 5.74) is 1.01. The molecule has 2 aromatic rings. The van der Waals surface area contributed by atoms with E-state index in [1.165, 1.54) is 6.20 Å². The second kappa shape index (κ2) is 6.54. The van der Waals surface area contributed by atoms with Gasteiger partial charge in [-0.3, -0.25) is 5.32 Å². The van der Waals surface area contributed by atoms with Crippen molar-refractivity contribution in [2.24, 2.45) is 0 Å². The number of benzene rings is 1. The van der Waals surface area contributed by atoms with E-state index in [-0.39, 0.29) is 6.03 Å². The lowest BCUT2D eigenvalue weighted by molar-refractivity contribution is 0.251. The Labute approximate surface area is 124 Å².